The fourth-order valence-corrected chi connectivity index (χ4v) is 4.36. The number of rotatable bonds is 5. The Balaban J connectivity index is 1.73. The molecule has 0 saturated heterocycles. The van der Waals surface area contributed by atoms with Crippen molar-refractivity contribution in [2.75, 3.05) is 4.72 Å². The van der Waals surface area contributed by atoms with E-state index in [0.717, 1.165) is 10.4 Å². The van der Waals surface area contributed by atoms with Crippen molar-refractivity contribution < 1.29 is 8.42 Å². The minimum atomic E-state index is -3.50. The molecule has 3 rings (SSSR count). The van der Waals surface area contributed by atoms with Crippen LogP contribution in [0, 0.1) is 6.92 Å². The van der Waals surface area contributed by atoms with E-state index in [9.17, 15) is 8.42 Å². The molecule has 22 heavy (non-hydrogen) atoms. The zero-order valence-corrected chi connectivity index (χ0v) is 13.6. The first-order chi connectivity index (χ1) is 10.5. The van der Waals surface area contributed by atoms with Gasteiger partial charge in [0.15, 0.2) is 0 Å². The Morgan fingerprint density at radius 2 is 1.95 bits per heavy atom. The molecule has 0 aliphatic rings. The van der Waals surface area contributed by atoms with E-state index in [-0.39, 0.29) is 0 Å². The molecule has 0 fully saturated rings. The van der Waals surface area contributed by atoms with Gasteiger partial charge in [0.2, 0.25) is 0 Å². The van der Waals surface area contributed by atoms with Crippen LogP contribution in [-0.4, -0.2) is 18.2 Å². The lowest BCUT2D eigenvalue weighted by Gasteiger charge is -2.07. The van der Waals surface area contributed by atoms with Crippen molar-refractivity contribution in [2.45, 2.75) is 17.7 Å². The third kappa shape index (κ3) is 3.37. The summed E-state index contributed by atoms with van der Waals surface area (Å²) >= 11 is 1.26. The third-order valence-electron chi connectivity index (χ3n) is 3.09. The second-order valence-corrected chi connectivity index (χ2v) is 8.07. The van der Waals surface area contributed by atoms with E-state index in [0.29, 0.717) is 16.4 Å². The molecule has 3 aromatic rings. The van der Waals surface area contributed by atoms with Crippen LogP contribution in [0.2, 0.25) is 0 Å². The Hall–Kier alpha value is -2.12. The van der Waals surface area contributed by atoms with E-state index in [2.05, 4.69) is 9.82 Å². The van der Waals surface area contributed by atoms with Gasteiger partial charge in [-0.05, 0) is 42.8 Å². The van der Waals surface area contributed by atoms with Gasteiger partial charge in [0.25, 0.3) is 10.0 Å². The van der Waals surface area contributed by atoms with Gasteiger partial charge in [-0.15, -0.1) is 11.3 Å². The lowest BCUT2D eigenvalue weighted by Crippen LogP contribution is -2.11. The Labute approximate surface area is 133 Å². The Morgan fingerprint density at radius 3 is 2.55 bits per heavy atom. The van der Waals surface area contributed by atoms with Crippen LogP contribution in [0.4, 0.5) is 5.69 Å². The van der Waals surface area contributed by atoms with Gasteiger partial charge in [0.05, 0.1) is 6.54 Å². The summed E-state index contributed by atoms with van der Waals surface area (Å²) in [6.07, 6.45) is 3.61. The normalized spacial score (nSPS) is 11.5. The first-order valence-corrected chi connectivity index (χ1v) is 8.98. The predicted molar refractivity (Wildman–Crippen MR) is 87.6 cm³/mol. The van der Waals surface area contributed by atoms with Gasteiger partial charge >= 0.3 is 0 Å². The maximum atomic E-state index is 12.2. The van der Waals surface area contributed by atoms with Crippen molar-refractivity contribution in [3.05, 3.63) is 65.3 Å². The molecule has 2 heterocycles. The molecule has 0 radical (unpaired) electrons. The van der Waals surface area contributed by atoms with E-state index in [1.807, 2.05) is 36.0 Å². The molecule has 0 atom stereocenters. The summed E-state index contributed by atoms with van der Waals surface area (Å²) in [5, 5.41) is 4.14. The van der Waals surface area contributed by atoms with E-state index >= 15 is 0 Å². The molecule has 0 bridgehead atoms. The van der Waals surface area contributed by atoms with Crippen LogP contribution in [0.3, 0.4) is 0 Å². The SMILES string of the molecule is Cc1ccc(S(=O)(=O)Nc2ccc(Cn3cccn3)cc2)s1. The lowest BCUT2D eigenvalue weighted by molar-refractivity contribution is 0.603. The fourth-order valence-electron chi connectivity index (χ4n) is 2.02. The third-order valence-corrected chi connectivity index (χ3v) is 5.96. The summed E-state index contributed by atoms with van der Waals surface area (Å²) in [5.74, 6) is 0. The van der Waals surface area contributed by atoms with Crippen molar-refractivity contribution in [2.24, 2.45) is 0 Å². The molecule has 0 aliphatic heterocycles. The maximum absolute atomic E-state index is 12.2. The topological polar surface area (TPSA) is 64.0 Å². The summed E-state index contributed by atoms with van der Waals surface area (Å²) in [4.78, 5) is 0.968. The molecular weight excluding hydrogens is 318 g/mol. The Bertz CT molecular complexity index is 851. The molecule has 0 saturated carbocycles. The van der Waals surface area contributed by atoms with Crippen LogP contribution in [0.25, 0.3) is 0 Å². The Morgan fingerprint density at radius 1 is 1.18 bits per heavy atom. The largest absolute Gasteiger partial charge is 0.279 e. The van der Waals surface area contributed by atoms with Crippen LogP contribution >= 0.6 is 11.3 Å². The highest BCUT2D eigenvalue weighted by atomic mass is 32.2. The first kappa shape index (κ1) is 14.8. The van der Waals surface area contributed by atoms with Gasteiger partial charge in [0, 0.05) is 23.0 Å². The number of nitrogens with zero attached hydrogens (tertiary/aromatic N) is 2. The monoisotopic (exact) mass is 333 g/mol. The van der Waals surface area contributed by atoms with Crippen molar-refractivity contribution >= 4 is 27.0 Å². The van der Waals surface area contributed by atoms with Gasteiger partial charge < -0.3 is 0 Å². The summed E-state index contributed by atoms with van der Waals surface area (Å²) < 4.78 is 29.2. The average Bonchev–Trinajstić information content (AvgIpc) is 3.12. The number of nitrogens with one attached hydrogen (secondary N) is 1. The van der Waals surface area contributed by atoms with E-state index in [1.54, 1.807) is 30.5 Å². The van der Waals surface area contributed by atoms with E-state index < -0.39 is 10.0 Å². The smallest absolute Gasteiger partial charge is 0.271 e. The molecule has 0 amide bonds. The quantitative estimate of drug-likeness (QED) is 0.780. The van der Waals surface area contributed by atoms with Crippen molar-refractivity contribution in [1.29, 1.82) is 0 Å². The van der Waals surface area contributed by atoms with E-state index in [4.69, 9.17) is 0 Å². The second-order valence-electron chi connectivity index (χ2n) is 4.87. The maximum Gasteiger partial charge on any atom is 0.271 e. The number of benzene rings is 1. The number of hydrogen-bond donors (Lipinski definition) is 1. The van der Waals surface area contributed by atoms with Gasteiger partial charge in [-0.1, -0.05) is 12.1 Å². The average molecular weight is 333 g/mol. The van der Waals surface area contributed by atoms with Gasteiger partial charge in [-0.2, -0.15) is 5.10 Å². The Kier molecular flexibility index (Phi) is 4.00. The van der Waals surface area contributed by atoms with Crippen LogP contribution in [0.15, 0.2) is 59.1 Å². The molecule has 0 spiro atoms. The van der Waals surface area contributed by atoms with Crippen molar-refractivity contribution in [1.82, 2.24) is 9.78 Å². The number of aromatic nitrogens is 2. The van der Waals surface area contributed by atoms with Crippen LogP contribution in [-0.2, 0) is 16.6 Å². The lowest BCUT2D eigenvalue weighted by atomic mass is 10.2. The highest BCUT2D eigenvalue weighted by Crippen LogP contribution is 2.23. The highest BCUT2D eigenvalue weighted by molar-refractivity contribution is 7.94. The number of hydrogen-bond acceptors (Lipinski definition) is 4. The molecule has 0 unspecified atom stereocenters. The van der Waals surface area contributed by atoms with Crippen LogP contribution < -0.4 is 4.72 Å². The van der Waals surface area contributed by atoms with Gasteiger partial charge in [0.1, 0.15) is 4.21 Å². The highest BCUT2D eigenvalue weighted by Gasteiger charge is 2.16. The van der Waals surface area contributed by atoms with Crippen molar-refractivity contribution in [3.63, 3.8) is 0 Å². The summed E-state index contributed by atoms with van der Waals surface area (Å²) in [6.45, 7) is 2.54. The molecule has 7 heteroatoms. The molecule has 2 aromatic heterocycles. The molecular formula is C15H15N3O2S2. The number of aryl methyl sites for hydroxylation is 1. The van der Waals surface area contributed by atoms with Crippen molar-refractivity contribution in [3.8, 4) is 0 Å². The summed E-state index contributed by atoms with van der Waals surface area (Å²) in [5.41, 5.74) is 1.61. The minimum Gasteiger partial charge on any atom is -0.279 e. The number of sulfonamides is 1. The standard InChI is InChI=1S/C15H15N3O2S2/c1-12-3-8-15(21-12)22(19,20)17-14-6-4-13(5-7-14)11-18-10-2-9-16-18/h2-10,17H,11H2,1H3. The van der Waals surface area contributed by atoms with E-state index in [1.165, 1.54) is 11.3 Å². The zero-order chi connectivity index (χ0) is 15.6. The van der Waals surface area contributed by atoms with Gasteiger partial charge in [-0.3, -0.25) is 9.40 Å². The molecule has 114 valence electrons. The number of thiophene rings is 1. The van der Waals surface area contributed by atoms with Gasteiger partial charge in [-0.25, -0.2) is 8.42 Å². The zero-order valence-electron chi connectivity index (χ0n) is 11.9. The summed E-state index contributed by atoms with van der Waals surface area (Å²) in [7, 11) is -3.50. The van der Waals surface area contributed by atoms with Crippen LogP contribution in [0.5, 0.6) is 0 Å². The predicted octanol–water partition coefficient (Wildman–Crippen LogP) is 3.10. The summed E-state index contributed by atoms with van der Waals surface area (Å²) in [6, 6.07) is 12.6. The minimum absolute atomic E-state index is 0.325. The number of anilines is 1. The van der Waals surface area contributed by atoms with Crippen LogP contribution in [0.1, 0.15) is 10.4 Å². The molecule has 5 nitrogen and oxygen atoms in total. The molecule has 1 N–H and O–H groups in total. The molecule has 0 aliphatic carbocycles. The molecule has 1 aromatic carbocycles. The first-order valence-electron chi connectivity index (χ1n) is 6.68. The second kappa shape index (κ2) is 5.94. The fraction of sp³-hybridized carbons (Fsp3) is 0.133.